The molecular weight excluding hydrogens is 214 g/mol. The topological polar surface area (TPSA) is 34.9 Å². The Morgan fingerprint density at radius 2 is 2.00 bits per heavy atom. The van der Waals surface area contributed by atoms with Gasteiger partial charge in [0, 0.05) is 19.0 Å². The molecule has 0 radical (unpaired) electrons. The van der Waals surface area contributed by atoms with Crippen molar-refractivity contribution in [3.63, 3.8) is 0 Å². The predicted octanol–water partition coefficient (Wildman–Crippen LogP) is 1.62. The minimum absolute atomic E-state index is 0.143. The molecule has 1 aliphatic rings. The fourth-order valence-corrected chi connectivity index (χ4v) is 2.08. The number of nitrogens with zero attached hydrogens (tertiary/aromatic N) is 2. The summed E-state index contributed by atoms with van der Waals surface area (Å²) in [6, 6.07) is 1.90. The first-order valence-electron chi connectivity index (χ1n) is 5.05. The molecule has 1 aromatic heterocycles. The number of hydrogen-bond acceptors (Lipinski definition) is 2. The van der Waals surface area contributed by atoms with Crippen LogP contribution in [0.3, 0.4) is 0 Å². The van der Waals surface area contributed by atoms with Gasteiger partial charge >= 0.3 is 0 Å². The first kappa shape index (κ1) is 9.45. The molecule has 0 aliphatic carbocycles. The molecule has 0 amide bonds. The van der Waals surface area contributed by atoms with Crippen LogP contribution in [-0.4, -0.2) is 9.55 Å². The fourth-order valence-electron chi connectivity index (χ4n) is 2.08. The van der Waals surface area contributed by atoms with Crippen LogP contribution in [0.4, 0.5) is 8.78 Å². The van der Waals surface area contributed by atoms with Gasteiger partial charge in [0.15, 0.2) is 11.6 Å². The molecule has 1 aromatic carbocycles. The molecule has 16 heavy (non-hydrogen) atoms. The van der Waals surface area contributed by atoms with Gasteiger partial charge in [-0.3, -0.25) is 9.36 Å². The molecule has 1 aliphatic heterocycles. The molecule has 0 atom stereocenters. The van der Waals surface area contributed by atoms with E-state index in [1.165, 1.54) is 4.57 Å². The summed E-state index contributed by atoms with van der Waals surface area (Å²) in [5.74, 6) is -1.32. The van der Waals surface area contributed by atoms with Crippen molar-refractivity contribution in [2.75, 3.05) is 0 Å². The molecular formula is C11H8F2N2O. The highest BCUT2D eigenvalue weighted by Crippen LogP contribution is 2.17. The van der Waals surface area contributed by atoms with Crippen LogP contribution in [0, 0.1) is 11.6 Å². The molecule has 2 heterocycles. The van der Waals surface area contributed by atoms with Crippen molar-refractivity contribution in [1.82, 2.24) is 9.55 Å². The lowest BCUT2D eigenvalue weighted by molar-refractivity contribution is 0.510. The van der Waals surface area contributed by atoms with E-state index in [-0.39, 0.29) is 16.5 Å². The van der Waals surface area contributed by atoms with Gasteiger partial charge in [0.2, 0.25) is 0 Å². The number of halogens is 2. The van der Waals surface area contributed by atoms with Crippen molar-refractivity contribution in [3.05, 3.63) is 39.9 Å². The van der Waals surface area contributed by atoms with Gasteiger partial charge < -0.3 is 0 Å². The number of rotatable bonds is 0. The van der Waals surface area contributed by atoms with Crippen molar-refractivity contribution in [2.24, 2.45) is 0 Å². The Morgan fingerprint density at radius 3 is 2.81 bits per heavy atom. The molecule has 0 saturated heterocycles. The van der Waals surface area contributed by atoms with E-state index in [1.807, 2.05) is 0 Å². The van der Waals surface area contributed by atoms with E-state index in [9.17, 15) is 13.6 Å². The standard InChI is InChI=1S/C11H8F2N2O/c12-7-4-6-9(5-8(7)13)14-10-2-1-3-15(10)11(6)16/h4-5H,1-3H2. The van der Waals surface area contributed by atoms with Crippen LogP contribution < -0.4 is 5.56 Å². The zero-order chi connectivity index (χ0) is 11.3. The molecule has 0 spiro atoms. The average Bonchev–Trinajstić information content (AvgIpc) is 2.70. The number of aromatic nitrogens is 2. The van der Waals surface area contributed by atoms with Crippen molar-refractivity contribution in [1.29, 1.82) is 0 Å². The smallest absolute Gasteiger partial charge is 0.261 e. The lowest BCUT2D eigenvalue weighted by Crippen LogP contribution is -2.21. The summed E-state index contributed by atoms with van der Waals surface area (Å²) in [4.78, 5) is 16.1. The largest absolute Gasteiger partial charge is 0.296 e. The Hall–Kier alpha value is -1.78. The van der Waals surface area contributed by atoms with Gasteiger partial charge in [0.25, 0.3) is 5.56 Å². The molecule has 0 unspecified atom stereocenters. The summed E-state index contributed by atoms with van der Waals surface area (Å²) in [7, 11) is 0. The van der Waals surface area contributed by atoms with E-state index in [2.05, 4.69) is 4.98 Å². The maximum atomic E-state index is 13.0. The van der Waals surface area contributed by atoms with Gasteiger partial charge in [-0.2, -0.15) is 0 Å². The highest BCUT2D eigenvalue weighted by Gasteiger charge is 2.17. The lowest BCUT2D eigenvalue weighted by Gasteiger charge is -2.04. The SMILES string of the molecule is O=c1c2cc(F)c(F)cc2nc2n1CCC2. The highest BCUT2D eigenvalue weighted by atomic mass is 19.2. The first-order valence-corrected chi connectivity index (χ1v) is 5.05. The van der Waals surface area contributed by atoms with Gasteiger partial charge in [0.05, 0.1) is 10.9 Å². The summed E-state index contributed by atoms with van der Waals surface area (Å²) in [6.07, 6.45) is 1.56. The third-order valence-corrected chi connectivity index (χ3v) is 2.86. The maximum absolute atomic E-state index is 13.0. The number of aryl methyl sites for hydroxylation is 1. The quantitative estimate of drug-likeness (QED) is 0.678. The summed E-state index contributed by atoms with van der Waals surface area (Å²) < 4.78 is 27.6. The van der Waals surface area contributed by atoms with Gasteiger partial charge in [-0.1, -0.05) is 0 Å². The monoisotopic (exact) mass is 222 g/mol. The summed E-state index contributed by atoms with van der Waals surface area (Å²) in [5, 5.41) is 0.143. The minimum atomic E-state index is -1.01. The van der Waals surface area contributed by atoms with Crippen LogP contribution in [0.5, 0.6) is 0 Å². The van der Waals surface area contributed by atoms with Crippen LogP contribution in [-0.2, 0) is 13.0 Å². The zero-order valence-electron chi connectivity index (χ0n) is 8.33. The van der Waals surface area contributed by atoms with Crippen LogP contribution in [0.15, 0.2) is 16.9 Å². The Labute approximate surface area is 89.3 Å². The van der Waals surface area contributed by atoms with E-state index in [0.29, 0.717) is 18.8 Å². The second kappa shape index (κ2) is 3.10. The molecule has 5 heteroatoms. The molecule has 0 N–H and O–H groups in total. The number of hydrogen-bond donors (Lipinski definition) is 0. The van der Waals surface area contributed by atoms with Crippen molar-refractivity contribution in [3.8, 4) is 0 Å². The predicted molar refractivity (Wildman–Crippen MR) is 54.2 cm³/mol. The van der Waals surface area contributed by atoms with Gasteiger partial charge in [-0.25, -0.2) is 13.8 Å². The van der Waals surface area contributed by atoms with Gasteiger partial charge in [0.1, 0.15) is 5.82 Å². The van der Waals surface area contributed by atoms with Crippen LogP contribution in [0.1, 0.15) is 12.2 Å². The van der Waals surface area contributed by atoms with E-state index in [4.69, 9.17) is 0 Å². The molecule has 82 valence electrons. The van der Waals surface area contributed by atoms with Gasteiger partial charge in [-0.15, -0.1) is 0 Å². The summed E-state index contributed by atoms with van der Waals surface area (Å²) in [5.41, 5.74) is -0.0477. The van der Waals surface area contributed by atoms with E-state index in [1.54, 1.807) is 0 Å². The summed E-state index contributed by atoms with van der Waals surface area (Å²) in [6.45, 7) is 0.607. The molecule has 0 saturated carbocycles. The molecule has 3 nitrogen and oxygen atoms in total. The number of fused-ring (bicyclic) bond motifs is 2. The summed E-state index contributed by atoms with van der Waals surface area (Å²) >= 11 is 0. The van der Waals surface area contributed by atoms with Crippen molar-refractivity contribution in [2.45, 2.75) is 19.4 Å². The van der Waals surface area contributed by atoms with Crippen LogP contribution in [0.25, 0.3) is 10.9 Å². The van der Waals surface area contributed by atoms with E-state index in [0.717, 1.165) is 18.6 Å². The second-order valence-corrected chi connectivity index (χ2v) is 3.87. The van der Waals surface area contributed by atoms with Crippen LogP contribution >= 0.6 is 0 Å². The molecule has 0 bridgehead atoms. The second-order valence-electron chi connectivity index (χ2n) is 3.87. The molecule has 3 rings (SSSR count). The van der Waals surface area contributed by atoms with Gasteiger partial charge in [-0.05, 0) is 12.5 Å². The average molecular weight is 222 g/mol. The normalized spacial score (nSPS) is 14.4. The molecule has 2 aromatic rings. The minimum Gasteiger partial charge on any atom is -0.296 e. The van der Waals surface area contributed by atoms with E-state index >= 15 is 0 Å². The first-order chi connectivity index (χ1) is 7.66. The third kappa shape index (κ3) is 1.17. The fraction of sp³-hybridized carbons (Fsp3) is 0.273. The van der Waals surface area contributed by atoms with Crippen LogP contribution in [0.2, 0.25) is 0 Å². The Morgan fingerprint density at radius 1 is 1.25 bits per heavy atom. The number of benzene rings is 1. The van der Waals surface area contributed by atoms with Crippen molar-refractivity contribution < 1.29 is 8.78 Å². The lowest BCUT2D eigenvalue weighted by atomic mass is 10.2. The Balaban J connectivity index is 2.46. The Kier molecular flexibility index (Phi) is 1.83. The third-order valence-electron chi connectivity index (χ3n) is 2.86. The Bertz CT molecular complexity index is 648. The zero-order valence-corrected chi connectivity index (χ0v) is 8.33. The highest BCUT2D eigenvalue weighted by molar-refractivity contribution is 5.77. The molecule has 0 fully saturated rings. The van der Waals surface area contributed by atoms with Crippen molar-refractivity contribution >= 4 is 10.9 Å². The van der Waals surface area contributed by atoms with E-state index < -0.39 is 11.6 Å². The maximum Gasteiger partial charge on any atom is 0.261 e.